The molecule has 13 heavy (non-hydrogen) atoms. The Morgan fingerprint density at radius 2 is 2.15 bits per heavy atom. The summed E-state index contributed by atoms with van der Waals surface area (Å²) in [6, 6.07) is 7.21. The molecule has 0 saturated heterocycles. The summed E-state index contributed by atoms with van der Waals surface area (Å²) in [6.45, 7) is 5.38. The van der Waals surface area contributed by atoms with Gasteiger partial charge in [-0.15, -0.1) is 0 Å². The minimum atomic E-state index is 0.0636. The molecule has 0 atom stereocenters. The van der Waals surface area contributed by atoms with E-state index in [0.717, 1.165) is 11.1 Å². The van der Waals surface area contributed by atoms with Crippen LogP contribution in [0.3, 0.4) is 0 Å². The maximum absolute atomic E-state index is 11.3. The van der Waals surface area contributed by atoms with E-state index in [0.29, 0.717) is 0 Å². The van der Waals surface area contributed by atoms with E-state index >= 15 is 0 Å². The van der Waals surface area contributed by atoms with Gasteiger partial charge in [0.2, 0.25) is 0 Å². The summed E-state index contributed by atoms with van der Waals surface area (Å²) >= 11 is 0. The lowest BCUT2D eigenvalue weighted by Crippen LogP contribution is -1.98. The zero-order chi connectivity index (χ0) is 9.68. The smallest absolute Gasteiger partial charge is 0.182 e. The summed E-state index contributed by atoms with van der Waals surface area (Å²) in [5.74, 6) is 0. The van der Waals surface area contributed by atoms with Gasteiger partial charge in [-0.3, -0.25) is 4.79 Å². The third-order valence-corrected chi connectivity index (χ3v) is 1.75. The quantitative estimate of drug-likeness (QED) is 0.626. The molecule has 0 aliphatic rings. The van der Waals surface area contributed by atoms with Crippen molar-refractivity contribution in [2.24, 2.45) is 0 Å². The van der Waals surface area contributed by atoms with Crippen LogP contribution in [-0.2, 0) is 0 Å². The van der Waals surface area contributed by atoms with Gasteiger partial charge in [0.05, 0.1) is 0 Å². The molecule has 0 spiro atoms. The topological polar surface area (TPSA) is 17.1 Å². The molecule has 0 saturated carbocycles. The molecule has 0 unspecified atom stereocenters. The summed E-state index contributed by atoms with van der Waals surface area (Å²) in [7, 11) is 0. The normalized spacial score (nSPS) is 10.2. The Morgan fingerprint density at radius 1 is 1.38 bits per heavy atom. The van der Waals surface area contributed by atoms with Gasteiger partial charge in [-0.05, 0) is 24.1 Å². The van der Waals surface area contributed by atoms with Crippen LogP contribution in [-0.4, -0.2) is 0 Å². The second-order valence-corrected chi connectivity index (χ2v) is 2.81. The van der Waals surface area contributed by atoms with Crippen LogP contribution in [0.2, 0.25) is 0 Å². The molecule has 66 valence electrons. The molecule has 0 heterocycles. The first-order valence-electron chi connectivity index (χ1n) is 4.14. The third-order valence-electron chi connectivity index (χ3n) is 1.75. The summed E-state index contributed by atoms with van der Waals surface area (Å²) in [5, 5.41) is 0. The summed E-state index contributed by atoms with van der Waals surface area (Å²) in [4.78, 5) is 11.3. The number of hydrogen-bond acceptors (Lipinski definition) is 1. The van der Waals surface area contributed by atoms with Crippen molar-refractivity contribution in [1.29, 1.82) is 0 Å². The van der Waals surface area contributed by atoms with E-state index in [1.165, 1.54) is 0 Å². The molecular weight excluding hydrogens is 160 g/mol. The van der Waals surface area contributed by atoms with Crippen molar-refractivity contribution in [3.8, 4) is 0 Å². The Balaban J connectivity index is 3.21. The van der Waals surface area contributed by atoms with Crippen molar-refractivity contribution in [2.45, 2.75) is 6.92 Å². The van der Waals surface area contributed by atoms with E-state index in [4.69, 9.17) is 0 Å². The van der Waals surface area contributed by atoms with Crippen LogP contribution < -0.4 is 5.43 Å². The highest BCUT2D eigenvalue weighted by Gasteiger charge is 1.89. The minimum absolute atomic E-state index is 0.0636. The first-order chi connectivity index (χ1) is 6.24. The molecule has 0 N–H and O–H groups in total. The van der Waals surface area contributed by atoms with Gasteiger partial charge >= 0.3 is 0 Å². The summed E-state index contributed by atoms with van der Waals surface area (Å²) < 4.78 is 0. The predicted molar refractivity (Wildman–Crippen MR) is 56.7 cm³/mol. The standard InChI is InChI=1S/C12H12O/c1-3-4-7-11-8-5-6-10(2)12(13)9-11/h3-9H,1H2,2H3/b7-4+. The highest BCUT2D eigenvalue weighted by molar-refractivity contribution is 5.50. The molecule has 0 aliphatic heterocycles. The SMILES string of the molecule is C=C/C=C/c1cccc(C)c(=O)c1. The molecule has 0 bridgehead atoms. The van der Waals surface area contributed by atoms with E-state index in [-0.39, 0.29) is 5.43 Å². The molecule has 1 nitrogen and oxygen atoms in total. The van der Waals surface area contributed by atoms with Crippen LogP contribution in [0.4, 0.5) is 0 Å². The van der Waals surface area contributed by atoms with Crippen molar-refractivity contribution in [1.82, 2.24) is 0 Å². The van der Waals surface area contributed by atoms with Crippen LogP contribution in [0, 0.1) is 6.92 Å². The van der Waals surface area contributed by atoms with Gasteiger partial charge in [-0.2, -0.15) is 0 Å². The van der Waals surface area contributed by atoms with E-state index in [1.807, 2.05) is 37.3 Å². The molecule has 1 rings (SSSR count). The van der Waals surface area contributed by atoms with Gasteiger partial charge in [0.15, 0.2) is 5.43 Å². The fourth-order valence-corrected chi connectivity index (χ4v) is 0.982. The van der Waals surface area contributed by atoms with Crippen LogP contribution >= 0.6 is 0 Å². The van der Waals surface area contributed by atoms with Crippen molar-refractivity contribution < 1.29 is 0 Å². The fraction of sp³-hybridized carbons (Fsp3) is 0.0833. The predicted octanol–water partition coefficient (Wildman–Crippen LogP) is 2.55. The molecule has 0 aliphatic carbocycles. The zero-order valence-electron chi connectivity index (χ0n) is 7.66. The summed E-state index contributed by atoms with van der Waals surface area (Å²) in [6.07, 6.45) is 5.35. The molecule has 1 aromatic carbocycles. The zero-order valence-corrected chi connectivity index (χ0v) is 7.66. The van der Waals surface area contributed by atoms with Gasteiger partial charge < -0.3 is 0 Å². The molecule has 0 radical (unpaired) electrons. The Bertz CT molecular complexity index is 389. The lowest BCUT2D eigenvalue weighted by atomic mass is 10.2. The van der Waals surface area contributed by atoms with E-state index in [9.17, 15) is 4.79 Å². The fourth-order valence-electron chi connectivity index (χ4n) is 0.982. The molecule has 1 heteroatoms. The molecule has 1 aromatic rings. The first-order valence-corrected chi connectivity index (χ1v) is 4.14. The Labute approximate surface area is 78.0 Å². The highest BCUT2D eigenvalue weighted by Crippen LogP contribution is 1.98. The van der Waals surface area contributed by atoms with Crippen molar-refractivity contribution in [2.75, 3.05) is 0 Å². The Morgan fingerprint density at radius 3 is 2.85 bits per heavy atom. The second kappa shape index (κ2) is 4.41. The molecule has 0 amide bonds. The first kappa shape index (κ1) is 9.46. The average Bonchev–Trinajstić information content (AvgIpc) is 2.26. The maximum Gasteiger partial charge on any atom is 0.182 e. The van der Waals surface area contributed by atoms with Crippen LogP contribution in [0.15, 0.2) is 47.8 Å². The minimum Gasteiger partial charge on any atom is -0.290 e. The number of aryl methyl sites for hydroxylation is 1. The molecule has 0 fully saturated rings. The lowest BCUT2D eigenvalue weighted by Gasteiger charge is -1.82. The Kier molecular flexibility index (Phi) is 3.21. The average molecular weight is 172 g/mol. The largest absolute Gasteiger partial charge is 0.290 e. The third kappa shape index (κ3) is 2.71. The van der Waals surface area contributed by atoms with Crippen LogP contribution in [0.1, 0.15) is 11.1 Å². The molecule has 0 aromatic heterocycles. The molecular formula is C12H12O. The van der Waals surface area contributed by atoms with Crippen LogP contribution in [0.5, 0.6) is 0 Å². The van der Waals surface area contributed by atoms with Crippen molar-refractivity contribution in [3.63, 3.8) is 0 Å². The van der Waals surface area contributed by atoms with E-state index in [1.54, 1.807) is 12.1 Å². The maximum atomic E-state index is 11.3. The van der Waals surface area contributed by atoms with Crippen molar-refractivity contribution >= 4 is 6.08 Å². The Hall–Kier alpha value is -1.63. The van der Waals surface area contributed by atoms with Gasteiger partial charge in [-0.25, -0.2) is 0 Å². The number of hydrogen-bond donors (Lipinski definition) is 0. The highest BCUT2D eigenvalue weighted by atomic mass is 16.1. The number of allylic oxidation sites excluding steroid dienone is 2. The lowest BCUT2D eigenvalue weighted by molar-refractivity contribution is 1.43. The second-order valence-electron chi connectivity index (χ2n) is 2.81. The van der Waals surface area contributed by atoms with E-state index in [2.05, 4.69) is 6.58 Å². The van der Waals surface area contributed by atoms with Gasteiger partial charge in [-0.1, -0.05) is 43.0 Å². The van der Waals surface area contributed by atoms with Gasteiger partial charge in [0.25, 0.3) is 0 Å². The monoisotopic (exact) mass is 172 g/mol. The van der Waals surface area contributed by atoms with E-state index < -0.39 is 0 Å². The van der Waals surface area contributed by atoms with Crippen LogP contribution in [0.25, 0.3) is 6.08 Å². The van der Waals surface area contributed by atoms with Crippen molar-refractivity contribution in [3.05, 3.63) is 64.3 Å². The summed E-state index contributed by atoms with van der Waals surface area (Å²) in [5.41, 5.74) is 1.73. The van der Waals surface area contributed by atoms with Gasteiger partial charge in [0, 0.05) is 0 Å². The van der Waals surface area contributed by atoms with Gasteiger partial charge in [0.1, 0.15) is 0 Å². The number of rotatable bonds is 2.